The molecule has 1 aromatic heterocycles. The van der Waals surface area contributed by atoms with Crippen molar-refractivity contribution in [3.8, 4) is 6.07 Å². The maximum atomic E-state index is 14.4. The number of nitrogens with two attached hydrogens (primary N) is 1. The summed E-state index contributed by atoms with van der Waals surface area (Å²) >= 11 is 0.554. The van der Waals surface area contributed by atoms with E-state index in [2.05, 4.69) is 10.3 Å². The highest BCUT2D eigenvalue weighted by atomic mass is 32.2. The molecule has 0 saturated heterocycles. The zero-order chi connectivity index (χ0) is 28.5. The number of carbonyl (C=O) groups excluding carboxylic acids is 3. The molecular formula is C26H26F2N6O4S. The zero-order valence-corrected chi connectivity index (χ0v) is 22.3. The van der Waals surface area contributed by atoms with Crippen LogP contribution < -0.4 is 10.5 Å². The van der Waals surface area contributed by atoms with Crippen LogP contribution in [0.2, 0.25) is 0 Å². The van der Waals surface area contributed by atoms with Crippen LogP contribution in [-0.2, 0) is 16.1 Å². The number of pyridine rings is 1. The summed E-state index contributed by atoms with van der Waals surface area (Å²) in [7, 11) is 0. The maximum Gasteiger partial charge on any atom is 0.410 e. The first-order valence-electron chi connectivity index (χ1n) is 11.9. The third-order valence-electron chi connectivity index (χ3n) is 6.34. The second-order valence-electron chi connectivity index (χ2n) is 10.2. The van der Waals surface area contributed by atoms with Gasteiger partial charge in [-0.15, -0.1) is 0 Å². The molecule has 0 atom stereocenters. The minimum absolute atomic E-state index is 0.0971. The number of anilines is 1. The molecule has 4 rings (SSSR count). The predicted molar refractivity (Wildman–Crippen MR) is 138 cm³/mol. The number of nitrogens with zero attached hydrogens (tertiary/aromatic N) is 4. The van der Waals surface area contributed by atoms with Gasteiger partial charge in [0.05, 0.1) is 21.7 Å². The van der Waals surface area contributed by atoms with Crippen LogP contribution in [0.1, 0.15) is 42.4 Å². The van der Waals surface area contributed by atoms with E-state index in [1.54, 1.807) is 20.8 Å². The molecule has 13 heteroatoms. The molecule has 0 fully saturated rings. The van der Waals surface area contributed by atoms with Crippen LogP contribution in [0.3, 0.4) is 0 Å². The third-order valence-corrected chi connectivity index (χ3v) is 6.91. The number of halogens is 2. The van der Waals surface area contributed by atoms with Crippen LogP contribution >= 0.6 is 11.9 Å². The van der Waals surface area contributed by atoms with Crippen molar-refractivity contribution in [1.82, 2.24) is 14.8 Å². The van der Waals surface area contributed by atoms with Gasteiger partial charge in [0, 0.05) is 37.8 Å². The second-order valence-corrected chi connectivity index (χ2v) is 10.8. The van der Waals surface area contributed by atoms with Gasteiger partial charge in [0.2, 0.25) is 5.91 Å². The molecule has 10 nitrogen and oxygen atoms in total. The molecule has 0 spiro atoms. The second kappa shape index (κ2) is 11.0. The number of aromatic nitrogens is 1. The van der Waals surface area contributed by atoms with Gasteiger partial charge < -0.3 is 19.9 Å². The molecule has 0 radical (unpaired) electrons. The molecule has 2 aromatic rings. The van der Waals surface area contributed by atoms with E-state index in [0.29, 0.717) is 11.9 Å². The first-order chi connectivity index (χ1) is 18.4. The van der Waals surface area contributed by atoms with Crippen LogP contribution in [0.5, 0.6) is 0 Å². The fraction of sp³-hybridized carbons (Fsp3) is 0.346. The number of rotatable bonds is 5. The van der Waals surface area contributed by atoms with Crippen molar-refractivity contribution in [3.63, 3.8) is 0 Å². The summed E-state index contributed by atoms with van der Waals surface area (Å²) in [6.07, 6.45) is 0.703. The van der Waals surface area contributed by atoms with Gasteiger partial charge in [-0.2, -0.15) is 5.26 Å². The Morgan fingerprint density at radius 3 is 2.36 bits per heavy atom. The Bertz CT molecular complexity index is 1410. The quantitative estimate of drug-likeness (QED) is 0.420. The minimum Gasteiger partial charge on any atom is -0.443 e. The summed E-state index contributed by atoms with van der Waals surface area (Å²) in [5, 5.41) is 17.2. The Labute approximate surface area is 227 Å². The summed E-state index contributed by atoms with van der Waals surface area (Å²) < 4.78 is 33.9. The van der Waals surface area contributed by atoms with Gasteiger partial charge in [-0.25, -0.2) is 13.6 Å². The molecule has 2 aliphatic heterocycles. The Morgan fingerprint density at radius 2 is 1.77 bits per heavy atom. The lowest BCUT2D eigenvalue weighted by molar-refractivity contribution is -0.123. The average molecular weight is 557 g/mol. The minimum atomic E-state index is -1.25. The van der Waals surface area contributed by atoms with Crippen LogP contribution in [0.4, 0.5) is 19.3 Å². The highest BCUT2D eigenvalue weighted by Crippen LogP contribution is 2.29. The molecule has 1 aromatic carbocycles. The van der Waals surface area contributed by atoms with Crippen molar-refractivity contribution in [1.29, 1.82) is 5.26 Å². The molecular weight excluding hydrogens is 530 g/mol. The lowest BCUT2D eigenvalue weighted by Gasteiger charge is -2.23. The summed E-state index contributed by atoms with van der Waals surface area (Å²) in [6.45, 7) is 5.75. The fourth-order valence-corrected chi connectivity index (χ4v) is 4.46. The lowest BCUT2D eigenvalue weighted by atomic mass is 9.95. The van der Waals surface area contributed by atoms with E-state index in [1.807, 2.05) is 6.07 Å². The van der Waals surface area contributed by atoms with Crippen LogP contribution in [0.15, 0.2) is 40.4 Å². The number of hydrogen-bond acceptors (Lipinski definition) is 8. The van der Waals surface area contributed by atoms with E-state index in [9.17, 15) is 28.4 Å². The molecule has 0 bridgehead atoms. The molecule has 2 aliphatic rings. The number of amides is 3. The Hall–Kier alpha value is -4.02. The molecule has 0 saturated carbocycles. The number of hydrogen-bond donors (Lipinski definition) is 2. The SMILES string of the molecule is CC(C)(C)C(=O)Nc1cc(C#N)cnc1COC(=O)N1CC2=C(C1)CN(C(=O)c1ccc(SN)c(F)c1F)C2. The van der Waals surface area contributed by atoms with Crippen molar-refractivity contribution < 1.29 is 27.9 Å². The normalized spacial score (nSPS) is 14.8. The van der Waals surface area contributed by atoms with Gasteiger partial charge in [0.15, 0.2) is 11.6 Å². The van der Waals surface area contributed by atoms with Gasteiger partial charge in [-0.1, -0.05) is 20.8 Å². The van der Waals surface area contributed by atoms with Crippen molar-refractivity contribution >= 4 is 35.5 Å². The van der Waals surface area contributed by atoms with Gasteiger partial charge in [-0.3, -0.25) is 19.7 Å². The lowest BCUT2D eigenvalue weighted by Crippen LogP contribution is -2.37. The number of nitriles is 1. The first-order valence-corrected chi connectivity index (χ1v) is 12.8. The summed E-state index contributed by atoms with van der Waals surface area (Å²) in [5.74, 6) is -3.36. The number of carbonyl (C=O) groups is 3. The smallest absolute Gasteiger partial charge is 0.410 e. The molecule has 3 heterocycles. The highest BCUT2D eigenvalue weighted by molar-refractivity contribution is 7.97. The largest absolute Gasteiger partial charge is 0.443 e. The standard InChI is InChI=1S/C26H26F2N6O4S/c1-26(2,3)24(36)32-18-6-14(7-29)8-31-19(18)13-38-25(37)34-11-15-9-33(10-16(15)12-34)23(35)17-4-5-20(39-30)22(28)21(17)27/h4-6,8H,9-13,30H2,1-3H3,(H,32,36). The van der Waals surface area contributed by atoms with Gasteiger partial charge in [0.1, 0.15) is 18.4 Å². The van der Waals surface area contributed by atoms with E-state index < -0.39 is 29.0 Å². The Balaban J connectivity index is 1.35. The molecule has 3 N–H and O–H groups in total. The fourth-order valence-electron chi connectivity index (χ4n) is 4.12. The molecule has 204 valence electrons. The number of nitrogens with one attached hydrogen (secondary N) is 1. The van der Waals surface area contributed by atoms with E-state index in [4.69, 9.17) is 9.88 Å². The van der Waals surface area contributed by atoms with Gasteiger partial charge in [-0.05, 0) is 41.3 Å². The van der Waals surface area contributed by atoms with E-state index >= 15 is 0 Å². The highest BCUT2D eigenvalue weighted by Gasteiger charge is 2.36. The van der Waals surface area contributed by atoms with Crippen LogP contribution in [-0.4, -0.2) is 58.9 Å². The van der Waals surface area contributed by atoms with E-state index in [1.165, 1.54) is 34.2 Å². The Morgan fingerprint density at radius 1 is 1.13 bits per heavy atom. The van der Waals surface area contributed by atoms with Crippen LogP contribution in [0, 0.1) is 28.4 Å². The molecule has 3 amide bonds. The van der Waals surface area contributed by atoms with Crippen molar-refractivity contribution in [2.75, 3.05) is 31.5 Å². The van der Waals surface area contributed by atoms with Gasteiger partial charge in [0.25, 0.3) is 5.91 Å². The number of benzene rings is 1. The van der Waals surface area contributed by atoms with Crippen molar-refractivity contribution in [2.24, 2.45) is 10.6 Å². The van der Waals surface area contributed by atoms with Crippen molar-refractivity contribution in [2.45, 2.75) is 32.3 Å². The van der Waals surface area contributed by atoms with Crippen molar-refractivity contribution in [3.05, 3.63) is 64.0 Å². The summed E-state index contributed by atoms with van der Waals surface area (Å²) in [4.78, 5) is 45.0. The monoisotopic (exact) mass is 556 g/mol. The summed E-state index contributed by atoms with van der Waals surface area (Å²) in [6, 6.07) is 5.89. The molecule has 0 unspecified atom stereocenters. The van der Waals surface area contributed by atoms with E-state index in [-0.39, 0.29) is 66.1 Å². The average Bonchev–Trinajstić information content (AvgIpc) is 3.48. The topological polar surface area (TPSA) is 142 Å². The van der Waals surface area contributed by atoms with E-state index in [0.717, 1.165) is 11.1 Å². The van der Waals surface area contributed by atoms with Crippen LogP contribution in [0.25, 0.3) is 0 Å². The molecule has 0 aliphatic carbocycles. The maximum absolute atomic E-state index is 14.4. The first kappa shape index (κ1) is 28.0. The molecule has 39 heavy (non-hydrogen) atoms. The zero-order valence-electron chi connectivity index (χ0n) is 21.5. The third kappa shape index (κ3) is 5.86. The Kier molecular flexibility index (Phi) is 7.89. The number of ether oxygens (including phenoxy) is 1. The predicted octanol–water partition coefficient (Wildman–Crippen LogP) is 3.59. The van der Waals surface area contributed by atoms with Gasteiger partial charge >= 0.3 is 6.09 Å². The summed E-state index contributed by atoms with van der Waals surface area (Å²) in [5.41, 5.74) is 1.37.